The molecule has 3 heterocycles. The zero-order valence-corrected chi connectivity index (χ0v) is 12.8. The van der Waals surface area contributed by atoms with Crippen molar-refractivity contribution >= 4 is 33.3 Å². The van der Waals surface area contributed by atoms with Gasteiger partial charge in [-0.1, -0.05) is 0 Å². The number of amides is 1. The van der Waals surface area contributed by atoms with E-state index in [9.17, 15) is 4.79 Å². The third-order valence-electron chi connectivity index (χ3n) is 3.16. The number of morpholine rings is 1. The Hall–Kier alpha value is -1.86. The molecule has 2 aromatic heterocycles. The molecule has 1 aliphatic rings. The summed E-state index contributed by atoms with van der Waals surface area (Å²) in [5.74, 6) is 0.401. The summed E-state index contributed by atoms with van der Waals surface area (Å²) in [5, 5.41) is 2.69. The predicted octanol–water partition coefficient (Wildman–Crippen LogP) is 2.53. The second-order valence-electron chi connectivity index (χ2n) is 4.56. The molecule has 0 unspecified atom stereocenters. The fourth-order valence-electron chi connectivity index (χ4n) is 2.08. The van der Waals surface area contributed by atoms with Crippen LogP contribution >= 0.6 is 15.9 Å². The molecule has 0 aromatic carbocycles. The van der Waals surface area contributed by atoms with Gasteiger partial charge in [-0.2, -0.15) is 0 Å². The van der Waals surface area contributed by atoms with Gasteiger partial charge in [0, 0.05) is 13.1 Å². The Morgan fingerprint density at radius 3 is 2.67 bits per heavy atom. The highest BCUT2D eigenvalue weighted by Gasteiger charge is 2.13. The number of hydrogen-bond acceptors (Lipinski definition) is 5. The molecule has 110 valence electrons. The molecule has 1 saturated heterocycles. The van der Waals surface area contributed by atoms with Gasteiger partial charge in [-0.05, 0) is 40.2 Å². The Labute approximate surface area is 130 Å². The Bertz CT molecular complexity index is 621. The van der Waals surface area contributed by atoms with E-state index in [0.29, 0.717) is 10.5 Å². The molecule has 1 fully saturated rings. The highest BCUT2D eigenvalue weighted by atomic mass is 79.9. The van der Waals surface area contributed by atoms with E-state index < -0.39 is 0 Å². The largest absolute Gasteiger partial charge is 0.444 e. The van der Waals surface area contributed by atoms with E-state index >= 15 is 0 Å². The monoisotopic (exact) mass is 351 g/mol. The fourth-order valence-corrected chi connectivity index (χ4v) is 2.39. The number of halogens is 1. The second-order valence-corrected chi connectivity index (χ2v) is 5.34. The van der Waals surface area contributed by atoms with Crippen LogP contribution in [0, 0.1) is 0 Å². The third-order valence-corrected chi connectivity index (χ3v) is 3.59. The molecule has 1 aliphatic heterocycles. The molecule has 1 N–H and O–H groups in total. The third kappa shape index (κ3) is 3.43. The lowest BCUT2D eigenvalue weighted by atomic mass is 10.3. The smallest absolute Gasteiger partial charge is 0.292 e. The molecule has 6 nitrogen and oxygen atoms in total. The van der Waals surface area contributed by atoms with Gasteiger partial charge < -0.3 is 19.4 Å². The van der Waals surface area contributed by atoms with E-state index in [1.54, 1.807) is 24.4 Å². The highest BCUT2D eigenvalue weighted by Crippen LogP contribution is 2.18. The van der Waals surface area contributed by atoms with Crippen molar-refractivity contribution in [3.63, 3.8) is 0 Å². The summed E-state index contributed by atoms with van der Waals surface area (Å²) in [6, 6.07) is 6.98. The average molecular weight is 352 g/mol. The first-order chi connectivity index (χ1) is 10.2. The maximum Gasteiger partial charge on any atom is 0.292 e. The number of nitrogens with one attached hydrogen (secondary N) is 1. The summed E-state index contributed by atoms with van der Waals surface area (Å²) < 4.78 is 11.0. The molecule has 2 aromatic rings. The fraction of sp³-hybridized carbons (Fsp3) is 0.286. The van der Waals surface area contributed by atoms with Gasteiger partial charge in [0.2, 0.25) is 0 Å². The van der Waals surface area contributed by atoms with Crippen LogP contribution in [-0.2, 0) is 4.74 Å². The predicted molar refractivity (Wildman–Crippen MR) is 81.6 cm³/mol. The van der Waals surface area contributed by atoms with Gasteiger partial charge in [-0.15, -0.1) is 0 Å². The minimum Gasteiger partial charge on any atom is -0.444 e. The van der Waals surface area contributed by atoms with Gasteiger partial charge in [0.05, 0.1) is 25.1 Å². The number of pyridine rings is 1. The summed E-state index contributed by atoms with van der Waals surface area (Å²) in [6.45, 7) is 3.17. The highest BCUT2D eigenvalue weighted by molar-refractivity contribution is 9.10. The molecule has 0 radical (unpaired) electrons. The van der Waals surface area contributed by atoms with E-state index in [-0.39, 0.29) is 11.7 Å². The van der Waals surface area contributed by atoms with E-state index in [2.05, 4.69) is 31.1 Å². The van der Waals surface area contributed by atoms with Crippen molar-refractivity contribution in [1.82, 2.24) is 4.98 Å². The molecule has 0 bridgehead atoms. The number of anilines is 2. The number of furan rings is 1. The van der Waals surface area contributed by atoms with Crippen LogP contribution in [-0.4, -0.2) is 37.2 Å². The maximum atomic E-state index is 11.9. The van der Waals surface area contributed by atoms with Gasteiger partial charge >= 0.3 is 0 Å². The number of carbonyl (C=O) groups excluding carboxylic acids is 1. The Morgan fingerprint density at radius 1 is 1.24 bits per heavy atom. The summed E-state index contributed by atoms with van der Waals surface area (Å²) in [7, 11) is 0. The number of hydrogen-bond donors (Lipinski definition) is 1. The molecule has 21 heavy (non-hydrogen) atoms. The standard InChI is InChI=1S/C14H14BrN3O3/c15-12-3-2-11(21-12)14(19)17-13-4-1-10(9-16-13)18-5-7-20-8-6-18/h1-4,9H,5-8H2,(H,16,17,19). The molecule has 0 spiro atoms. The number of ether oxygens (including phenoxy) is 1. The zero-order valence-electron chi connectivity index (χ0n) is 11.2. The van der Waals surface area contributed by atoms with Crippen molar-refractivity contribution in [3.05, 3.63) is 40.9 Å². The Morgan fingerprint density at radius 2 is 2.05 bits per heavy atom. The van der Waals surface area contributed by atoms with Crippen molar-refractivity contribution in [2.45, 2.75) is 0 Å². The van der Waals surface area contributed by atoms with Crippen molar-refractivity contribution in [2.75, 3.05) is 36.5 Å². The minimum absolute atomic E-state index is 0.237. The number of nitrogens with zero attached hydrogens (tertiary/aromatic N) is 2. The van der Waals surface area contributed by atoms with Crippen LogP contribution in [0.25, 0.3) is 0 Å². The number of carbonyl (C=O) groups is 1. The van der Waals surface area contributed by atoms with Gasteiger partial charge in [-0.3, -0.25) is 4.79 Å². The first-order valence-corrected chi connectivity index (χ1v) is 7.37. The Balaban J connectivity index is 1.65. The summed E-state index contributed by atoms with van der Waals surface area (Å²) in [4.78, 5) is 18.4. The van der Waals surface area contributed by atoms with Crippen LogP contribution in [0.15, 0.2) is 39.5 Å². The van der Waals surface area contributed by atoms with Crippen molar-refractivity contribution < 1.29 is 13.9 Å². The normalized spacial score (nSPS) is 15.0. The molecule has 0 saturated carbocycles. The van der Waals surface area contributed by atoms with Crippen LogP contribution < -0.4 is 10.2 Å². The summed E-state index contributed by atoms with van der Waals surface area (Å²) in [6.07, 6.45) is 1.75. The lowest BCUT2D eigenvalue weighted by molar-refractivity contribution is 0.0995. The van der Waals surface area contributed by atoms with E-state index in [0.717, 1.165) is 32.0 Å². The first-order valence-electron chi connectivity index (χ1n) is 6.58. The molecular formula is C14H14BrN3O3. The van der Waals surface area contributed by atoms with Gasteiger partial charge in [0.25, 0.3) is 5.91 Å². The Kier molecular flexibility index (Phi) is 4.21. The average Bonchev–Trinajstić information content (AvgIpc) is 2.96. The van der Waals surface area contributed by atoms with Crippen LogP contribution in [0.3, 0.4) is 0 Å². The second kappa shape index (κ2) is 6.28. The van der Waals surface area contributed by atoms with E-state index in [1.807, 2.05) is 6.07 Å². The zero-order chi connectivity index (χ0) is 14.7. The van der Waals surface area contributed by atoms with Gasteiger partial charge in [0.15, 0.2) is 10.4 Å². The molecule has 1 amide bonds. The molecular weight excluding hydrogens is 338 g/mol. The van der Waals surface area contributed by atoms with Crippen molar-refractivity contribution in [2.24, 2.45) is 0 Å². The summed E-state index contributed by atoms with van der Waals surface area (Å²) >= 11 is 3.16. The first kappa shape index (κ1) is 14.1. The molecule has 0 atom stereocenters. The maximum absolute atomic E-state index is 11.9. The topological polar surface area (TPSA) is 67.6 Å². The van der Waals surface area contributed by atoms with E-state index in [1.165, 1.54) is 0 Å². The lowest BCUT2D eigenvalue weighted by Gasteiger charge is -2.28. The minimum atomic E-state index is -0.327. The van der Waals surface area contributed by atoms with Crippen LogP contribution in [0.2, 0.25) is 0 Å². The van der Waals surface area contributed by atoms with Crippen LogP contribution in [0.1, 0.15) is 10.6 Å². The van der Waals surface area contributed by atoms with E-state index in [4.69, 9.17) is 9.15 Å². The quantitative estimate of drug-likeness (QED) is 0.920. The number of rotatable bonds is 3. The molecule has 0 aliphatic carbocycles. The summed E-state index contributed by atoms with van der Waals surface area (Å²) in [5.41, 5.74) is 1.03. The number of aromatic nitrogens is 1. The van der Waals surface area contributed by atoms with Crippen molar-refractivity contribution in [3.8, 4) is 0 Å². The molecule has 7 heteroatoms. The van der Waals surface area contributed by atoms with Crippen LogP contribution in [0.5, 0.6) is 0 Å². The lowest BCUT2D eigenvalue weighted by Crippen LogP contribution is -2.36. The van der Waals surface area contributed by atoms with Crippen LogP contribution in [0.4, 0.5) is 11.5 Å². The van der Waals surface area contributed by atoms with Crippen molar-refractivity contribution in [1.29, 1.82) is 0 Å². The SMILES string of the molecule is O=C(Nc1ccc(N2CCOCC2)cn1)c1ccc(Br)o1. The van der Waals surface area contributed by atoms with Gasteiger partial charge in [0.1, 0.15) is 5.82 Å². The van der Waals surface area contributed by atoms with Gasteiger partial charge in [-0.25, -0.2) is 4.98 Å². The molecule has 3 rings (SSSR count).